The van der Waals surface area contributed by atoms with Crippen LogP contribution in [0.1, 0.15) is 37.0 Å². The second kappa shape index (κ2) is 6.94. The number of carboxylic acids is 1. The highest BCUT2D eigenvalue weighted by atomic mass is 16.4. The number of nitrogens with one attached hydrogen (secondary N) is 2. The number of carbonyl (C=O) groups is 3. The zero-order valence-electron chi connectivity index (χ0n) is 13.5. The van der Waals surface area contributed by atoms with Gasteiger partial charge in [0.15, 0.2) is 5.69 Å². The van der Waals surface area contributed by atoms with Gasteiger partial charge in [-0.3, -0.25) is 19.0 Å². The van der Waals surface area contributed by atoms with E-state index in [0.717, 1.165) is 5.69 Å². The highest BCUT2D eigenvalue weighted by Gasteiger charge is 2.20. The lowest BCUT2D eigenvalue weighted by atomic mass is 10.2. The molecule has 0 atom stereocenters. The van der Waals surface area contributed by atoms with Gasteiger partial charge in [0, 0.05) is 39.1 Å². The number of amides is 2. The van der Waals surface area contributed by atoms with Crippen LogP contribution >= 0.6 is 0 Å². The Morgan fingerprint density at radius 2 is 1.75 bits per heavy atom. The molecule has 0 saturated carbocycles. The van der Waals surface area contributed by atoms with E-state index in [4.69, 9.17) is 5.11 Å². The normalized spacial score (nSPS) is 10.5. The maximum absolute atomic E-state index is 12.0. The van der Waals surface area contributed by atoms with Gasteiger partial charge in [-0.1, -0.05) is 0 Å². The zero-order chi connectivity index (χ0) is 17.9. The first-order valence-electron chi connectivity index (χ1n) is 7.13. The highest BCUT2D eigenvalue weighted by molar-refractivity contribution is 6.03. The molecule has 3 N–H and O–H groups in total. The number of aryl methyl sites for hydroxylation is 3. The molecule has 0 aromatic carbocycles. The van der Waals surface area contributed by atoms with Crippen LogP contribution in [0.5, 0.6) is 0 Å². The van der Waals surface area contributed by atoms with Crippen molar-refractivity contribution >= 4 is 17.8 Å². The van der Waals surface area contributed by atoms with Crippen molar-refractivity contribution in [3.63, 3.8) is 0 Å². The summed E-state index contributed by atoms with van der Waals surface area (Å²) in [5, 5.41) is 21.9. The van der Waals surface area contributed by atoms with E-state index in [1.165, 1.54) is 17.9 Å². The Kier molecular flexibility index (Phi) is 4.97. The zero-order valence-corrected chi connectivity index (χ0v) is 13.5. The van der Waals surface area contributed by atoms with E-state index in [1.807, 2.05) is 6.92 Å². The second-order valence-corrected chi connectivity index (χ2v) is 5.18. The lowest BCUT2D eigenvalue weighted by molar-refractivity contribution is 0.0684. The Labute approximate surface area is 137 Å². The first-order chi connectivity index (χ1) is 11.3. The molecule has 0 bridgehead atoms. The molecule has 0 saturated heterocycles. The summed E-state index contributed by atoms with van der Waals surface area (Å²) >= 11 is 0. The third-order valence-electron chi connectivity index (χ3n) is 3.32. The smallest absolute Gasteiger partial charge is 0.357 e. The van der Waals surface area contributed by atoms with Gasteiger partial charge in [-0.25, -0.2) is 4.79 Å². The molecule has 128 valence electrons. The van der Waals surface area contributed by atoms with E-state index in [-0.39, 0.29) is 30.3 Å². The third-order valence-corrected chi connectivity index (χ3v) is 3.32. The summed E-state index contributed by atoms with van der Waals surface area (Å²) in [6.07, 6.45) is 1.33. The minimum Gasteiger partial charge on any atom is -0.476 e. The summed E-state index contributed by atoms with van der Waals surface area (Å²) in [6.45, 7) is 2.16. The van der Waals surface area contributed by atoms with E-state index in [9.17, 15) is 14.4 Å². The number of hydrogen-bond donors (Lipinski definition) is 3. The largest absolute Gasteiger partial charge is 0.476 e. The van der Waals surface area contributed by atoms with Crippen LogP contribution in [-0.2, 0) is 14.1 Å². The van der Waals surface area contributed by atoms with Crippen molar-refractivity contribution in [1.82, 2.24) is 30.2 Å². The molecule has 0 unspecified atom stereocenters. The lowest BCUT2D eigenvalue weighted by Crippen LogP contribution is -2.35. The maximum atomic E-state index is 12.0. The molecule has 0 aliphatic carbocycles. The van der Waals surface area contributed by atoms with E-state index in [1.54, 1.807) is 17.8 Å². The molecule has 10 heteroatoms. The summed E-state index contributed by atoms with van der Waals surface area (Å²) in [5.41, 5.74) is 0.799. The van der Waals surface area contributed by atoms with Crippen molar-refractivity contribution < 1.29 is 19.5 Å². The fourth-order valence-corrected chi connectivity index (χ4v) is 2.02. The lowest BCUT2D eigenvalue weighted by Gasteiger charge is -2.05. The Morgan fingerprint density at radius 3 is 2.29 bits per heavy atom. The molecule has 0 radical (unpaired) electrons. The van der Waals surface area contributed by atoms with E-state index in [0.29, 0.717) is 5.69 Å². The molecule has 2 aromatic rings. The van der Waals surface area contributed by atoms with Gasteiger partial charge >= 0.3 is 5.97 Å². The minimum absolute atomic E-state index is 0.0309. The van der Waals surface area contributed by atoms with Gasteiger partial charge < -0.3 is 15.7 Å². The molecule has 0 spiro atoms. The summed E-state index contributed by atoms with van der Waals surface area (Å²) < 4.78 is 2.84. The SMILES string of the molecule is Cc1cc(C(=O)NCCNC(=O)c2cn(C)nc2C(=O)O)nn1C. The Balaban J connectivity index is 1.85. The van der Waals surface area contributed by atoms with E-state index < -0.39 is 11.9 Å². The second-order valence-electron chi connectivity index (χ2n) is 5.18. The Bertz CT molecular complexity index is 772. The van der Waals surface area contributed by atoms with Crippen LogP contribution in [-0.4, -0.2) is 55.5 Å². The van der Waals surface area contributed by atoms with Crippen LogP contribution in [0.3, 0.4) is 0 Å². The van der Waals surface area contributed by atoms with Gasteiger partial charge in [-0.2, -0.15) is 10.2 Å². The third kappa shape index (κ3) is 3.77. The van der Waals surface area contributed by atoms with Gasteiger partial charge in [0.2, 0.25) is 0 Å². The summed E-state index contributed by atoms with van der Waals surface area (Å²) in [7, 11) is 3.26. The molecule has 0 aliphatic rings. The molecular weight excluding hydrogens is 316 g/mol. The average molecular weight is 334 g/mol. The van der Waals surface area contributed by atoms with Crippen LogP contribution < -0.4 is 10.6 Å². The van der Waals surface area contributed by atoms with Gasteiger partial charge in [-0.05, 0) is 13.0 Å². The predicted octanol–water partition coefficient (Wildman–Crippen LogP) is -0.680. The molecule has 0 fully saturated rings. The van der Waals surface area contributed by atoms with Crippen LogP contribution in [0, 0.1) is 6.92 Å². The number of carboxylic acid groups (broad SMARTS) is 1. The molecule has 10 nitrogen and oxygen atoms in total. The molecule has 2 aromatic heterocycles. The van der Waals surface area contributed by atoms with Crippen molar-refractivity contribution in [3.8, 4) is 0 Å². The topological polar surface area (TPSA) is 131 Å². The molecule has 2 heterocycles. The maximum Gasteiger partial charge on any atom is 0.357 e. The standard InChI is InChI=1S/C14H18N6O4/c1-8-6-10(17-20(8)3)13(22)16-5-4-15-12(21)9-7-19(2)18-11(9)14(23)24/h6-7H,4-5H2,1-3H3,(H,15,21)(H,16,22)(H,23,24). The molecule has 2 rings (SSSR count). The van der Waals surface area contributed by atoms with Crippen molar-refractivity contribution in [2.24, 2.45) is 14.1 Å². The van der Waals surface area contributed by atoms with Gasteiger partial charge in [0.1, 0.15) is 5.69 Å². The number of aromatic carboxylic acids is 1. The van der Waals surface area contributed by atoms with Crippen LogP contribution in [0.4, 0.5) is 0 Å². The van der Waals surface area contributed by atoms with Crippen molar-refractivity contribution in [2.45, 2.75) is 6.92 Å². The summed E-state index contributed by atoms with van der Waals surface area (Å²) in [6, 6.07) is 1.66. The highest BCUT2D eigenvalue weighted by Crippen LogP contribution is 2.06. The first-order valence-corrected chi connectivity index (χ1v) is 7.13. The monoisotopic (exact) mass is 334 g/mol. The van der Waals surface area contributed by atoms with Crippen molar-refractivity contribution in [3.05, 3.63) is 34.9 Å². The first kappa shape index (κ1) is 17.2. The molecule has 0 aliphatic heterocycles. The van der Waals surface area contributed by atoms with E-state index >= 15 is 0 Å². The van der Waals surface area contributed by atoms with Crippen molar-refractivity contribution in [1.29, 1.82) is 0 Å². The quantitative estimate of drug-likeness (QED) is 0.600. The fourth-order valence-electron chi connectivity index (χ4n) is 2.02. The number of hydrogen-bond acceptors (Lipinski definition) is 5. The summed E-state index contributed by atoms with van der Waals surface area (Å²) in [5.74, 6) is -2.19. The van der Waals surface area contributed by atoms with Crippen LogP contribution in [0.15, 0.2) is 12.3 Å². The van der Waals surface area contributed by atoms with Crippen LogP contribution in [0.25, 0.3) is 0 Å². The fraction of sp³-hybridized carbons (Fsp3) is 0.357. The average Bonchev–Trinajstić information content (AvgIpc) is 3.07. The number of carbonyl (C=O) groups excluding carboxylic acids is 2. The van der Waals surface area contributed by atoms with Gasteiger partial charge in [0.05, 0.1) is 5.56 Å². The number of aromatic nitrogens is 4. The molecule has 24 heavy (non-hydrogen) atoms. The minimum atomic E-state index is -1.28. The van der Waals surface area contributed by atoms with Crippen LogP contribution in [0.2, 0.25) is 0 Å². The number of rotatable bonds is 6. The predicted molar refractivity (Wildman–Crippen MR) is 82.8 cm³/mol. The van der Waals surface area contributed by atoms with Gasteiger partial charge in [-0.15, -0.1) is 0 Å². The van der Waals surface area contributed by atoms with Gasteiger partial charge in [0.25, 0.3) is 11.8 Å². The van der Waals surface area contributed by atoms with Crippen molar-refractivity contribution in [2.75, 3.05) is 13.1 Å². The summed E-state index contributed by atoms with van der Waals surface area (Å²) in [4.78, 5) is 34.9. The molecular formula is C14H18N6O4. The number of nitrogens with zero attached hydrogens (tertiary/aromatic N) is 4. The molecule has 2 amide bonds. The Hall–Kier alpha value is -3.17. The van der Waals surface area contributed by atoms with E-state index in [2.05, 4.69) is 20.8 Å². The Morgan fingerprint density at radius 1 is 1.12 bits per heavy atom.